The third-order valence-corrected chi connectivity index (χ3v) is 4.21. The SMILES string of the molecule is CC(=O)c1ccc(SCCCOc2ccc(C)cc2)cc1. The zero-order valence-corrected chi connectivity index (χ0v) is 13.3. The largest absolute Gasteiger partial charge is 0.494 e. The molecule has 0 bridgehead atoms. The molecule has 0 fully saturated rings. The number of ether oxygens (including phenoxy) is 1. The lowest BCUT2D eigenvalue weighted by atomic mass is 10.2. The van der Waals surface area contributed by atoms with Gasteiger partial charge in [0.15, 0.2) is 5.78 Å². The molecule has 110 valence electrons. The standard InChI is InChI=1S/C18H20O2S/c1-14-4-8-17(9-5-14)20-12-3-13-21-18-10-6-16(7-11-18)15(2)19/h4-11H,3,12-13H2,1-2H3. The van der Waals surface area contributed by atoms with Crippen molar-refractivity contribution in [3.8, 4) is 5.75 Å². The van der Waals surface area contributed by atoms with Gasteiger partial charge in [0.05, 0.1) is 6.61 Å². The number of thioether (sulfide) groups is 1. The van der Waals surface area contributed by atoms with Crippen LogP contribution in [0.1, 0.15) is 29.3 Å². The third kappa shape index (κ3) is 5.27. The Hall–Kier alpha value is -1.74. The molecule has 0 aliphatic heterocycles. The maximum Gasteiger partial charge on any atom is 0.159 e. The first kappa shape index (κ1) is 15.6. The van der Waals surface area contributed by atoms with Gasteiger partial charge >= 0.3 is 0 Å². The highest BCUT2D eigenvalue weighted by molar-refractivity contribution is 7.99. The van der Waals surface area contributed by atoms with Crippen molar-refractivity contribution in [3.05, 3.63) is 59.7 Å². The van der Waals surface area contributed by atoms with E-state index in [1.165, 1.54) is 10.5 Å². The normalized spacial score (nSPS) is 10.4. The first-order chi connectivity index (χ1) is 10.1. The van der Waals surface area contributed by atoms with Crippen LogP contribution in [0.3, 0.4) is 0 Å². The fourth-order valence-corrected chi connectivity index (χ4v) is 2.69. The monoisotopic (exact) mass is 300 g/mol. The Morgan fingerprint density at radius 2 is 1.71 bits per heavy atom. The molecule has 2 nitrogen and oxygen atoms in total. The molecule has 2 aromatic carbocycles. The summed E-state index contributed by atoms with van der Waals surface area (Å²) in [5.41, 5.74) is 2.01. The van der Waals surface area contributed by atoms with Gasteiger partial charge in [0.1, 0.15) is 5.75 Å². The van der Waals surface area contributed by atoms with Crippen molar-refractivity contribution in [2.45, 2.75) is 25.2 Å². The van der Waals surface area contributed by atoms with E-state index in [-0.39, 0.29) is 5.78 Å². The van der Waals surface area contributed by atoms with Crippen LogP contribution in [0.15, 0.2) is 53.4 Å². The lowest BCUT2D eigenvalue weighted by molar-refractivity contribution is 0.101. The number of carbonyl (C=O) groups is 1. The third-order valence-electron chi connectivity index (χ3n) is 3.11. The molecule has 0 saturated carbocycles. The lowest BCUT2D eigenvalue weighted by Gasteiger charge is -2.06. The number of ketones is 1. The van der Waals surface area contributed by atoms with Crippen molar-refractivity contribution < 1.29 is 9.53 Å². The van der Waals surface area contributed by atoms with Crippen LogP contribution >= 0.6 is 11.8 Å². The molecule has 0 unspecified atom stereocenters. The quantitative estimate of drug-likeness (QED) is 0.419. The van der Waals surface area contributed by atoms with Crippen molar-refractivity contribution in [2.24, 2.45) is 0 Å². The van der Waals surface area contributed by atoms with Crippen LogP contribution < -0.4 is 4.74 Å². The van der Waals surface area contributed by atoms with E-state index in [1.54, 1.807) is 18.7 Å². The molecular formula is C18H20O2S. The first-order valence-electron chi connectivity index (χ1n) is 7.08. The topological polar surface area (TPSA) is 26.3 Å². The fourth-order valence-electron chi connectivity index (χ4n) is 1.86. The van der Waals surface area contributed by atoms with Gasteiger partial charge in [-0.1, -0.05) is 29.8 Å². The van der Waals surface area contributed by atoms with Gasteiger partial charge in [-0.3, -0.25) is 4.79 Å². The Morgan fingerprint density at radius 3 is 2.33 bits per heavy atom. The van der Waals surface area contributed by atoms with Crippen LogP contribution in [0.2, 0.25) is 0 Å². The van der Waals surface area contributed by atoms with Crippen LogP contribution in [0, 0.1) is 6.92 Å². The molecule has 0 aliphatic rings. The van der Waals surface area contributed by atoms with E-state index >= 15 is 0 Å². The number of Topliss-reactive ketones (excluding diaryl/α,β-unsaturated/α-hetero) is 1. The molecule has 2 aromatic rings. The Labute approximate surface area is 130 Å². The van der Waals surface area contributed by atoms with E-state index in [9.17, 15) is 4.79 Å². The molecule has 0 N–H and O–H groups in total. The van der Waals surface area contributed by atoms with Crippen LogP contribution in [-0.2, 0) is 0 Å². The minimum absolute atomic E-state index is 0.109. The fraction of sp³-hybridized carbons (Fsp3) is 0.278. The van der Waals surface area contributed by atoms with E-state index in [1.807, 2.05) is 36.4 Å². The molecule has 21 heavy (non-hydrogen) atoms. The molecule has 3 heteroatoms. The maximum atomic E-state index is 11.2. The van der Waals surface area contributed by atoms with E-state index in [4.69, 9.17) is 4.74 Å². The molecule has 0 spiro atoms. The average molecular weight is 300 g/mol. The zero-order chi connectivity index (χ0) is 15.1. The summed E-state index contributed by atoms with van der Waals surface area (Å²) in [7, 11) is 0. The van der Waals surface area contributed by atoms with E-state index in [0.717, 1.165) is 30.1 Å². The maximum absolute atomic E-state index is 11.2. The smallest absolute Gasteiger partial charge is 0.159 e. The van der Waals surface area contributed by atoms with Gasteiger partial charge in [0.25, 0.3) is 0 Å². The molecule has 2 rings (SSSR count). The van der Waals surface area contributed by atoms with Crippen molar-refractivity contribution in [2.75, 3.05) is 12.4 Å². The van der Waals surface area contributed by atoms with Gasteiger partial charge in [-0.25, -0.2) is 0 Å². The summed E-state index contributed by atoms with van der Waals surface area (Å²) >= 11 is 1.79. The molecule has 0 aromatic heterocycles. The molecule has 0 amide bonds. The van der Waals surface area contributed by atoms with Crippen LogP contribution in [-0.4, -0.2) is 18.1 Å². The highest BCUT2D eigenvalue weighted by Gasteiger charge is 2.00. The molecular weight excluding hydrogens is 280 g/mol. The Morgan fingerprint density at radius 1 is 1.05 bits per heavy atom. The number of rotatable bonds is 7. The number of hydrogen-bond acceptors (Lipinski definition) is 3. The lowest BCUT2D eigenvalue weighted by Crippen LogP contribution is -1.98. The highest BCUT2D eigenvalue weighted by atomic mass is 32.2. The average Bonchev–Trinajstić information content (AvgIpc) is 2.49. The van der Waals surface area contributed by atoms with Gasteiger partial charge in [-0.05, 0) is 44.5 Å². The number of carbonyl (C=O) groups excluding carboxylic acids is 1. The summed E-state index contributed by atoms with van der Waals surface area (Å²) in [6.07, 6.45) is 0.993. The number of aryl methyl sites for hydroxylation is 1. The second-order valence-corrected chi connectivity index (χ2v) is 6.11. The van der Waals surface area contributed by atoms with E-state index in [2.05, 4.69) is 19.1 Å². The first-order valence-corrected chi connectivity index (χ1v) is 8.07. The van der Waals surface area contributed by atoms with Crippen molar-refractivity contribution in [1.29, 1.82) is 0 Å². The van der Waals surface area contributed by atoms with Gasteiger partial charge in [0, 0.05) is 16.2 Å². The van der Waals surface area contributed by atoms with Crippen molar-refractivity contribution >= 4 is 17.5 Å². The minimum atomic E-state index is 0.109. The summed E-state index contributed by atoms with van der Waals surface area (Å²) in [5, 5.41) is 0. The van der Waals surface area contributed by atoms with E-state index < -0.39 is 0 Å². The number of benzene rings is 2. The molecule has 0 radical (unpaired) electrons. The highest BCUT2D eigenvalue weighted by Crippen LogP contribution is 2.20. The summed E-state index contributed by atoms with van der Waals surface area (Å²) < 4.78 is 5.69. The summed E-state index contributed by atoms with van der Waals surface area (Å²) in [6.45, 7) is 4.38. The van der Waals surface area contributed by atoms with Crippen LogP contribution in [0.4, 0.5) is 0 Å². The van der Waals surface area contributed by atoms with Gasteiger partial charge in [0.2, 0.25) is 0 Å². The summed E-state index contributed by atoms with van der Waals surface area (Å²) in [5.74, 6) is 2.04. The predicted octanol–water partition coefficient (Wildman–Crippen LogP) is 4.76. The molecule has 0 saturated heterocycles. The predicted molar refractivity (Wildman–Crippen MR) is 88.5 cm³/mol. The second kappa shape index (κ2) is 7.89. The van der Waals surface area contributed by atoms with Crippen LogP contribution in [0.5, 0.6) is 5.75 Å². The van der Waals surface area contributed by atoms with Gasteiger partial charge < -0.3 is 4.74 Å². The van der Waals surface area contributed by atoms with Gasteiger partial charge in [-0.15, -0.1) is 11.8 Å². The zero-order valence-electron chi connectivity index (χ0n) is 12.5. The Bertz CT molecular complexity index is 573. The van der Waals surface area contributed by atoms with Crippen molar-refractivity contribution in [1.82, 2.24) is 0 Å². The number of hydrogen-bond donors (Lipinski definition) is 0. The van der Waals surface area contributed by atoms with Gasteiger partial charge in [-0.2, -0.15) is 0 Å². The second-order valence-electron chi connectivity index (χ2n) is 4.94. The van der Waals surface area contributed by atoms with Crippen LogP contribution in [0.25, 0.3) is 0 Å². The summed E-state index contributed by atoms with van der Waals surface area (Å²) in [4.78, 5) is 12.4. The Balaban J connectivity index is 1.67. The molecule has 0 heterocycles. The van der Waals surface area contributed by atoms with E-state index in [0.29, 0.717) is 0 Å². The molecule has 0 atom stereocenters. The minimum Gasteiger partial charge on any atom is -0.494 e. The Kier molecular flexibility index (Phi) is 5.88. The molecule has 0 aliphatic carbocycles. The summed E-state index contributed by atoms with van der Waals surface area (Å²) in [6, 6.07) is 15.9. The van der Waals surface area contributed by atoms with Crippen molar-refractivity contribution in [3.63, 3.8) is 0 Å².